The minimum Gasteiger partial charge on any atom is -0.495 e. The third-order valence-electron chi connectivity index (χ3n) is 4.86. The fraction of sp³-hybridized carbons (Fsp3) is 0.227. The molecule has 5 N–H and O–H groups in total. The largest absolute Gasteiger partial charge is 0.495 e. The molecule has 0 aliphatic rings. The molecular formula is C22H23F3N6O2. The van der Waals surface area contributed by atoms with E-state index in [2.05, 4.69) is 15.4 Å². The van der Waals surface area contributed by atoms with Crippen molar-refractivity contribution >= 4 is 17.3 Å². The molecule has 0 spiro atoms. The molecule has 3 aromatic rings. The van der Waals surface area contributed by atoms with Crippen LogP contribution in [-0.2, 0) is 12.6 Å². The van der Waals surface area contributed by atoms with Crippen LogP contribution in [0.25, 0.3) is 5.69 Å². The van der Waals surface area contributed by atoms with E-state index in [9.17, 15) is 18.0 Å². The number of hydrogen-bond donors (Lipinski definition) is 3. The van der Waals surface area contributed by atoms with E-state index in [-0.39, 0.29) is 17.3 Å². The van der Waals surface area contributed by atoms with Crippen LogP contribution in [0.15, 0.2) is 58.6 Å². The number of anilines is 2. The van der Waals surface area contributed by atoms with Gasteiger partial charge in [-0.2, -0.15) is 18.3 Å². The van der Waals surface area contributed by atoms with E-state index in [0.717, 1.165) is 17.7 Å². The average Bonchev–Trinajstić information content (AvgIpc) is 2.79. The number of amidine groups is 1. The number of benzene rings is 2. The van der Waals surface area contributed by atoms with Crippen LogP contribution >= 0.6 is 0 Å². The Morgan fingerprint density at radius 3 is 2.52 bits per heavy atom. The Kier molecular flexibility index (Phi) is 6.90. The number of alkyl halides is 3. The molecule has 33 heavy (non-hydrogen) atoms. The summed E-state index contributed by atoms with van der Waals surface area (Å²) in [6.07, 6.45) is -1.80. The van der Waals surface area contributed by atoms with Gasteiger partial charge in [0, 0.05) is 18.3 Å². The zero-order chi connectivity index (χ0) is 24.2. The van der Waals surface area contributed by atoms with Gasteiger partial charge in [-0.3, -0.25) is 9.36 Å². The van der Waals surface area contributed by atoms with E-state index in [0.29, 0.717) is 30.1 Å². The van der Waals surface area contributed by atoms with Gasteiger partial charge in [0.15, 0.2) is 5.82 Å². The standard InChI is InChI=1S/C22H23F3N6O2/c1-13-12-31(16-7-3-14(4-8-16)5-10-19(26)30-27)21(32)20(28-13)29-17-9-6-15(22(23,24)25)11-18(17)33-2/h3-4,6-9,11-12H,5,10,27H2,1-2H3,(H2,26,30)(H,28,29). The highest BCUT2D eigenvalue weighted by atomic mass is 19.4. The quantitative estimate of drug-likeness (QED) is 0.215. The molecule has 0 fully saturated rings. The van der Waals surface area contributed by atoms with Crippen LogP contribution in [0.1, 0.15) is 23.2 Å². The predicted molar refractivity (Wildman–Crippen MR) is 120 cm³/mol. The minimum absolute atomic E-state index is 0.0518. The van der Waals surface area contributed by atoms with Crippen molar-refractivity contribution in [3.8, 4) is 11.4 Å². The number of nitrogens with zero attached hydrogens (tertiary/aromatic N) is 3. The number of aryl methyl sites for hydroxylation is 2. The van der Waals surface area contributed by atoms with Crippen molar-refractivity contribution in [2.45, 2.75) is 25.9 Å². The lowest BCUT2D eigenvalue weighted by Gasteiger charge is -2.15. The Labute approximate surface area is 187 Å². The molecule has 11 heteroatoms. The van der Waals surface area contributed by atoms with E-state index in [4.69, 9.17) is 16.3 Å². The zero-order valence-corrected chi connectivity index (χ0v) is 18.0. The van der Waals surface area contributed by atoms with Crippen LogP contribution in [0.4, 0.5) is 24.7 Å². The molecule has 0 saturated carbocycles. The number of halogens is 3. The van der Waals surface area contributed by atoms with Crippen molar-refractivity contribution in [3.63, 3.8) is 0 Å². The average molecular weight is 460 g/mol. The van der Waals surface area contributed by atoms with E-state index < -0.39 is 17.3 Å². The fourth-order valence-electron chi connectivity index (χ4n) is 3.14. The minimum atomic E-state index is -4.52. The molecule has 0 aliphatic heterocycles. The summed E-state index contributed by atoms with van der Waals surface area (Å²) in [5.41, 5.74) is 6.56. The summed E-state index contributed by atoms with van der Waals surface area (Å²) in [7, 11) is 1.25. The van der Waals surface area contributed by atoms with Crippen LogP contribution in [0.2, 0.25) is 0 Å². The van der Waals surface area contributed by atoms with Gasteiger partial charge in [-0.05, 0) is 49.2 Å². The van der Waals surface area contributed by atoms with Gasteiger partial charge >= 0.3 is 6.18 Å². The van der Waals surface area contributed by atoms with Gasteiger partial charge in [0.2, 0.25) is 0 Å². The molecule has 0 atom stereocenters. The molecule has 0 aliphatic carbocycles. The molecule has 1 heterocycles. The Morgan fingerprint density at radius 2 is 1.91 bits per heavy atom. The molecule has 0 bridgehead atoms. The second-order valence-electron chi connectivity index (χ2n) is 7.23. The number of hydrazone groups is 1. The maximum atomic E-state index is 13.1. The van der Waals surface area contributed by atoms with Crippen molar-refractivity contribution in [2.24, 2.45) is 16.7 Å². The van der Waals surface area contributed by atoms with Gasteiger partial charge < -0.3 is 21.6 Å². The molecular weight excluding hydrogens is 437 g/mol. The second kappa shape index (κ2) is 9.63. The van der Waals surface area contributed by atoms with Gasteiger partial charge in [0.25, 0.3) is 5.56 Å². The van der Waals surface area contributed by atoms with Gasteiger partial charge in [0.05, 0.1) is 24.1 Å². The van der Waals surface area contributed by atoms with Crippen molar-refractivity contribution in [1.82, 2.24) is 9.55 Å². The first-order chi connectivity index (χ1) is 15.6. The van der Waals surface area contributed by atoms with Crippen LogP contribution in [0.5, 0.6) is 5.75 Å². The molecule has 3 rings (SSSR count). The highest BCUT2D eigenvalue weighted by Gasteiger charge is 2.31. The first-order valence-electron chi connectivity index (χ1n) is 9.86. The summed E-state index contributed by atoms with van der Waals surface area (Å²) in [4.78, 5) is 17.3. The molecule has 0 amide bonds. The lowest BCUT2D eigenvalue weighted by atomic mass is 10.1. The molecule has 0 saturated heterocycles. The summed E-state index contributed by atoms with van der Waals surface area (Å²) in [6, 6.07) is 10.2. The maximum Gasteiger partial charge on any atom is 0.416 e. The SMILES string of the molecule is COc1cc(C(F)(F)F)ccc1Nc1nc(C)cn(-c2ccc(CC/C(N)=N/N)cc2)c1=O. The summed E-state index contributed by atoms with van der Waals surface area (Å²) in [6.45, 7) is 1.70. The van der Waals surface area contributed by atoms with Crippen LogP contribution in [0, 0.1) is 6.92 Å². The van der Waals surface area contributed by atoms with Crippen molar-refractivity contribution in [2.75, 3.05) is 12.4 Å². The fourth-order valence-corrected chi connectivity index (χ4v) is 3.14. The van der Waals surface area contributed by atoms with Gasteiger partial charge in [-0.1, -0.05) is 12.1 Å². The predicted octanol–water partition coefficient (Wildman–Crippen LogP) is 3.48. The number of hydrogen-bond acceptors (Lipinski definition) is 6. The Balaban J connectivity index is 1.91. The van der Waals surface area contributed by atoms with Crippen LogP contribution < -0.4 is 27.2 Å². The van der Waals surface area contributed by atoms with Gasteiger partial charge in [-0.15, -0.1) is 0 Å². The Morgan fingerprint density at radius 1 is 1.21 bits per heavy atom. The van der Waals surface area contributed by atoms with Gasteiger partial charge in [0.1, 0.15) is 11.6 Å². The monoisotopic (exact) mass is 460 g/mol. The van der Waals surface area contributed by atoms with E-state index in [1.54, 1.807) is 25.3 Å². The van der Waals surface area contributed by atoms with E-state index >= 15 is 0 Å². The number of ether oxygens (including phenoxy) is 1. The van der Waals surface area contributed by atoms with Crippen molar-refractivity contribution < 1.29 is 17.9 Å². The number of nitrogens with one attached hydrogen (secondary N) is 1. The summed E-state index contributed by atoms with van der Waals surface area (Å²) in [5.74, 6) is 5.36. The number of nitrogens with two attached hydrogens (primary N) is 2. The second-order valence-corrected chi connectivity index (χ2v) is 7.23. The summed E-state index contributed by atoms with van der Waals surface area (Å²) in [5, 5.41) is 6.23. The van der Waals surface area contributed by atoms with Crippen molar-refractivity contribution in [1.29, 1.82) is 0 Å². The van der Waals surface area contributed by atoms with Crippen LogP contribution in [0.3, 0.4) is 0 Å². The highest BCUT2D eigenvalue weighted by molar-refractivity contribution is 5.80. The van der Waals surface area contributed by atoms with Crippen molar-refractivity contribution in [3.05, 3.63) is 75.8 Å². The van der Waals surface area contributed by atoms with Crippen LogP contribution in [-0.4, -0.2) is 22.5 Å². The number of methoxy groups -OCH3 is 1. The third-order valence-corrected chi connectivity index (χ3v) is 4.86. The first kappa shape index (κ1) is 23.6. The molecule has 2 aromatic carbocycles. The lowest BCUT2D eigenvalue weighted by molar-refractivity contribution is -0.137. The zero-order valence-electron chi connectivity index (χ0n) is 18.0. The summed E-state index contributed by atoms with van der Waals surface area (Å²) < 4.78 is 45.5. The van der Waals surface area contributed by atoms with Gasteiger partial charge in [-0.25, -0.2) is 4.98 Å². The summed E-state index contributed by atoms with van der Waals surface area (Å²) >= 11 is 0. The number of rotatable bonds is 7. The lowest BCUT2D eigenvalue weighted by Crippen LogP contribution is -2.23. The normalized spacial score (nSPS) is 12.0. The topological polar surface area (TPSA) is 121 Å². The molecule has 0 unspecified atom stereocenters. The maximum absolute atomic E-state index is 13.1. The first-order valence-corrected chi connectivity index (χ1v) is 9.86. The smallest absolute Gasteiger partial charge is 0.416 e. The van der Waals surface area contributed by atoms with E-state index in [1.165, 1.54) is 17.7 Å². The van der Waals surface area contributed by atoms with E-state index in [1.807, 2.05) is 12.1 Å². The molecule has 1 aromatic heterocycles. The number of aromatic nitrogens is 2. The Hall–Kier alpha value is -4.02. The molecule has 0 radical (unpaired) electrons. The Bertz CT molecular complexity index is 1220. The molecule has 174 valence electrons. The molecule has 8 nitrogen and oxygen atoms in total. The highest BCUT2D eigenvalue weighted by Crippen LogP contribution is 2.35. The third kappa shape index (κ3) is 5.62.